The molecule has 4 rings (SSSR count). The van der Waals surface area contributed by atoms with Crippen molar-refractivity contribution in [3.8, 4) is 0 Å². The largest absolute Gasteiger partial charge is 0.330 e. The zero-order valence-electron chi connectivity index (χ0n) is 11.0. The van der Waals surface area contributed by atoms with Crippen molar-refractivity contribution in [3.05, 3.63) is 0 Å². The molecule has 92 valence electrons. The van der Waals surface area contributed by atoms with Gasteiger partial charge in [-0.3, -0.25) is 0 Å². The topological polar surface area (TPSA) is 26.0 Å². The summed E-state index contributed by atoms with van der Waals surface area (Å²) in [7, 11) is 0. The highest BCUT2D eigenvalue weighted by Gasteiger charge is 2.59. The molecule has 4 aliphatic carbocycles. The number of fused-ring (bicyclic) bond motifs is 2. The van der Waals surface area contributed by atoms with Gasteiger partial charge in [-0.1, -0.05) is 20.3 Å². The Bertz CT molecular complexity index is 275. The smallest absolute Gasteiger partial charge is 0.00719 e. The summed E-state index contributed by atoms with van der Waals surface area (Å²) in [4.78, 5) is 0. The zero-order valence-corrected chi connectivity index (χ0v) is 11.0. The fraction of sp³-hybridized carbons (Fsp3) is 1.00. The lowest BCUT2D eigenvalue weighted by molar-refractivity contribution is -0.163. The molecule has 2 bridgehead atoms. The van der Waals surface area contributed by atoms with Gasteiger partial charge in [-0.2, -0.15) is 0 Å². The second-order valence-electron chi connectivity index (χ2n) is 7.30. The van der Waals surface area contributed by atoms with Gasteiger partial charge in [0.2, 0.25) is 0 Å². The molecule has 0 aromatic rings. The normalized spacial score (nSPS) is 43.3. The first-order valence-corrected chi connectivity index (χ1v) is 7.30. The van der Waals surface area contributed by atoms with Crippen molar-refractivity contribution < 1.29 is 0 Å². The molecule has 0 spiro atoms. The van der Waals surface area contributed by atoms with Gasteiger partial charge in [0.05, 0.1) is 0 Å². The maximum absolute atomic E-state index is 5.86. The summed E-state index contributed by atoms with van der Waals surface area (Å²) in [5.41, 5.74) is 7.19. The molecule has 0 amide bonds. The van der Waals surface area contributed by atoms with Gasteiger partial charge in [-0.05, 0) is 73.7 Å². The Balaban J connectivity index is 1.79. The molecule has 3 unspecified atom stereocenters. The van der Waals surface area contributed by atoms with Crippen molar-refractivity contribution in [1.82, 2.24) is 0 Å². The van der Waals surface area contributed by atoms with Crippen LogP contribution < -0.4 is 5.73 Å². The molecule has 16 heavy (non-hydrogen) atoms. The molecule has 0 aromatic carbocycles. The first-order chi connectivity index (χ1) is 7.60. The molecule has 4 fully saturated rings. The molecule has 1 nitrogen and oxygen atoms in total. The van der Waals surface area contributed by atoms with E-state index in [-0.39, 0.29) is 0 Å². The second-order valence-corrected chi connectivity index (χ2v) is 7.30. The summed E-state index contributed by atoms with van der Waals surface area (Å²) in [5, 5.41) is 0. The SMILES string of the molecule is CC1(C)C2CCC(C3(CCN)CCC3)C1C2. The average Bonchev–Trinajstić information content (AvgIpc) is 2.23. The Morgan fingerprint density at radius 3 is 2.31 bits per heavy atom. The average molecular weight is 221 g/mol. The highest BCUT2D eigenvalue weighted by molar-refractivity contribution is 5.09. The monoisotopic (exact) mass is 221 g/mol. The summed E-state index contributed by atoms with van der Waals surface area (Å²) in [6.07, 6.45) is 10.3. The maximum atomic E-state index is 5.86. The predicted octanol–water partition coefficient (Wildman–Crippen LogP) is 3.58. The van der Waals surface area contributed by atoms with Crippen LogP contribution in [0.25, 0.3) is 0 Å². The highest BCUT2D eigenvalue weighted by atomic mass is 14.7. The summed E-state index contributed by atoms with van der Waals surface area (Å²) < 4.78 is 0. The Morgan fingerprint density at radius 2 is 1.88 bits per heavy atom. The van der Waals surface area contributed by atoms with Gasteiger partial charge in [-0.15, -0.1) is 0 Å². The summed E-state index contributed by atoms with van der Waals surface area (Å²) >= 11 is 0. The Kier molecular flexibility index (Phi) is 2.41. The van der Waals surface area contributed by atoms with Crippen LogP contribution in [-0.4, -0.2) is 6.54 Å². The number of hydrogen-bond acceptors (Lipinski definition) is 1. The van der Waals surface area contributed by atoms with Crippen molar-refractivity contribution in [2.75, 3.05) is 6.54 Å². The van der Waals surface area contributed by atoms with Crippen LogP contribution in [0.15, 0.2) is 0 Å². The molecule has 0 aliphatic heterocycles. The standard InChI is InChI=1S/C15H27N/c1-14(2)11-4-5-12(13(14)10-11)15(8-9-16)6-3-7-15/h11-13H,3-10,16H2,1-2H3. The first-order valence-electron chi connectivity index (χ1n) is 7.30. The van der Waals surface area contributed by atoms with Crippen LogP contribution in [0.4, 0.5) is 0 Å². The van der Waals surface area contributed by atoms with Crippen LogP contribution in [0.3, 0.4) is 0 Å². The van der Waals surface area contributed by atoms with Crippen LogP contribution in [0, 0.1) is 28.6 Å². The quantitative estimate of drug-likeness (QED) is 0.774. The minimum atomic E-state index is 0.653. The molecule has 3 atom stereocenters. The summed E-state index contributed by atoms with van der Waals surface area (Å²) in [6.45, 7) is 5.95. The van der Waals surface area contributed by atoms with E-state index in [9.17, 15) is 0 Å². The van der Waals surface area contributed by atoms with Crippen LogP contribution >= 0.6 is 0 Å². The number of hydrogen-bond donors (Lipinski definition) is 1. The van der Waals surface area contributed by atoms with E-state index < -0.39 is 0 Å². The van der Waals surface area contributed by atoms with Gasteiger partial charge in [0.15, 0.2) is 0 Å². The highest BCUT2D eigenvalue weighted by Crippen LogP contribution is 2.68. The molecular weight excluding hydrogens is 194 g/mol. The van der Waals surface area contributed by atoms with Crippen LogP contribution in [0.5, 0.6) is 0 Å². The van der Waals surface area contributed by atoms with Gasteiger partial charge in [0, 0.05) is 0 Å². The minimum absolute atomic E-state index is 0.653. The summed E-state index contributed by atoms with van der Waals surface area (Å²) in [5.74, 6) is 3.09. The van der Waals surface area contributed by atoms with E-state index in [2.05, 4.69) is 13.8 Å². The molecule has 1 heteroatoms. The lowest BCUT2D eigenvalue weighted by atomic mass is 9.39. The molecule has 0 heterocycles. The Hall–Kier alpha value is -0.0400. The number of nitrogens with two attached hydrogens (primary N) is 1. The Labute approximate surface area is 100 Å². The third-order valence-corrected chi connectivity index (χ3v) is 6.64. The van der Waals surface area contributed by atoms with E-state index in [0.717, 1.165) is 24.3 Å². The molecule has 0 aromatic heterocycles. The molecular formula is C15H27N. The van der Waals surface area contributed by atoms with Crippen molar-refractivity contribution >= 4 is 0 Å². The van der Waals surface area contributed by atoms with Crippen molar-refractivity contribution in [2.45, 2.75) is 58.8 Å². The maximum Gasteiger partial charge on any atom is -0.00719 e. The van der Waals surface area contributed by atoms with Gasteiger partial charge >= 0.3 is 0 Å². The third-order valence-electron chi connectivity index (χ3n) is 6.64. The van der Waals surface area contributed by atoms with E-state index in [1.54, 1.807) is 0 Å². The Morgan fingerprint density at radius 1 is 1.12 bits per heavy atom. The van der Waals surface area contributed by atoms with Crippen molar-refractivity contribution in [1.29, 1.82) is 0 Å². The zero-order chi connectivity index (χ0) is 11.4. The van der Waals surface area contributed by atoms with Crippen LogP contribution in [0.2, 0.25) is 0 Å². The molecule has 0 saturated heterocycles. The molecule has 0 radical (unpaired) electrons. The van der Waals surface area contributed by atoms with Gasteiger partial charge in [-0.25, -0.2) is 0 Å². The van der Waals surface area contributed by atoms with E-state index in [4.69, 9.17) is 5.73 Å². The van der Waals surface area contributed by atoms with E-state index in [1.807, 2.05) is 0 Å². The first kappa shape index (κ1) is 11.1. The van der Waals surface area contributed by atoms with E-state index >= 15 is 0 Å². The minimum Gasteiger partial charge on any atom is -0.330 e. The van der Waals surface area contributed by atoms with E-state index in [1.165, 1.54) is 44.9 Å². The fourth-order valence-electron chi connectivity index (χ4n) is 5.27. The lowest BCUT2D eigenvalue weighted by Crippen LogP contribution is -2.58. The van der Waals surface area contributed by atoms with Crippen molar-refractivity contribution in [2.24, 2.45) is 34.3 Å². The number of rotatable bonds is 3. The summed E-state index contributed by atoms with van der Waals surface area (Å²) in [6, 6.07) is 0. The van der Waals surface area contributed by atoms with Crippen LogP contribution in [0.1, 0.15) is 58.8 Å². The van der Waals surface area contributed by atoms with E-state index in [0.29, 0.717) is 10.8 Å². The predicted molar refractivity (Wildman–Crippen MR) is 68.1 cm³/mol. The third kappa shape index (κ3) is 1.27. The van der Waals surface area contributed by atoms with Crippen molar-refractivity contribution in [3.63, 3.8) is 0 Å². The second kappa shape index (κ2) is 3.48. The van der Waals surface area contributed by atoms with Crippen LogP contribution in [-0.2, 0) is 0 Å². The van der Waals surface area contributed by atoms with Gasteiger partial charge < -0.3 is 5.73 Å². The molecule has 4 saturated carbocycles. The molecule has 4 aliphatic rings. The van der Waals surface area contributed by atoms with Gasteiger partial charge in [0.1, 0.15) is 0 Å². The van der Waals surface area contributed by atoms with Gasteiger partial charge in [0.25, 0.3) is 0 Å². The fourth-order valence-corrected chi connectivity index (χ4v) is 5.27. The lowest BCUT2D eigenvalue weighted by Gasteiger charge is -2.66. The molecule has 2 N–H and O–H groups in total.